The molecule has 2 N–H and O–H groups in total. The zero-order valence-corrected chi connectivity index (χ0v) is 18.8. The summed E-state index contributed by atoms with van der Waals surface area (Å²) in [7, 11) is 0. The van der Waals surface area contributed by atoms with Crippen molar-refractivity contribution in [2.45, 2.75) is 44.3 Å². The molecule has 1 aliphatic carbocycles. The molecule has 6 nitrogen and oxygen atoms in total. The molecule has 8 heteroatoms. The van der Waals surface area contributed by atoms with Gasteiger partial charge in [-0.2, -0.15) is 0 Å². The quantitative estimate of drug-likeness (QED) is 0.353. The number of aromatic nitrogens is 2. The summed E-state index contributed by atoms with van der Waals surface area (Å²) >= 11 is 0. The molecule has 0 aliphatic heterocycles. The lowest BCUT2D eigenvalue weighted by molar-refractivity contribution is 0.290. The fourth-order valence-electron chi connectivity index (χ4n) is 5.32. The Bertz CT molecular complexity index is 1690. The van der Waals surface area contributed by atoms with Crippen LogP contribution in [0.25, 0.3) is 32.8 Å². The van der Waals surface area contributed by atoms with Crippen LogP contribution in [-0.2, 0) is 6.54 Å². The second kappa shape index (κ2) is 8.46. The smallest absolute Gasteiger partial charge is 0.345 e. The summed E-state index contributed by atoms with van der Waals surface area (Å²) < 4.78 is 34.7. The number of nitrogens with one attached hydrogen (secondary N) is 2. The van der Waals surface area contributed by atoms with Gasteiger partial charge in [0.25, 0.3) is 5.56 Å². The molecule has 178 valence electrons. The number of H-pyrrole nitrogens is 1. The molecule has 2 aromatic carbocycles. The predicted molar refractivity (Wildman–Crippen MR) is 131 cm³/mol. The maximum atomic E-state index is 13.9. The summed E-state index contributed by atoms with van der Waals surface area (Å²) in [6.45, 7) is 0.514. The number of hydrogen-bond acceptors (Lipinski definition) is 4. The highest BCUT2D eigenvalue weighted by atomic mass is 19.1. The Balaban J connectivity index is 1.18. The molecular formula is C27H23F2N3O3. The Hall–Kier alpha value is -3.78. The first-order chi connectivity index (χ1) is 17.0. The first-order valence-electron chi connectivity index (χ1n) is 11.7. The second-order valence-corrected chi connectivity index (χ2v) is 9.24. The summed E-state index contributed by atoms with van der Waals surface area (Å²) in [5.74, 6) is -0.748. The predicted octanol–water partition coefficient (Wildman–Crippen LogP) is 5.14. The van der Waals surface area contributed by atoms with Crippen molar-refractivity contribution in [3.05, 3.63) is 92.7 Å². The third-order valence-electron chi connectivity index (χ3n) is 7.04. The van der Waals surface area contributed by atoms with E-state index >= 15 is 0 Å². The van der Waals surface area contributed by atoms with Crippen LogP contribution < -0.4 is 16.5 Å². The van der Waals surface area contributed by atoms with E-state index in [1.807, 2.05) is 0 Å². The molecule has 3 heterocycles. The highest BCUT2D eigenvalue weighted by Gasteiger charge is 2.24. The normalized spacial score (nSPS) is 18.6. The van der Waals surface area contributed by atoms with E-state index in [1.54, 1.807) is 28.8 Å². The number of hydrogen-bond donors (Lipinski definition) is 2. The summed E-state index contributed by atoms with van der Waals surface area (Å²) in [5.41, 5.74) is 1.78. The third kappa shape index (κ3) is 3.93. The van der Waals surface area contributed by atoms with E-state index in [-0.39, 0.29) is 23.5 Å². The third-order valence-corrected chi connectivity index (χ3v) is 7.04. The number of pyridine rings is 1. The fourth-order valence-corrected chi connectivity index (χ4v) is 5.32. The van der Waals surface area contributed by atoms with Gasteiger partial charge in [-0.15, -0.1) is 0 Å². The molecule has 1 fully saturated rings. The number of fused-ring (bicyclic) bond motifs is 4. The van der Waals surface area contributed by atoms with Gasteiger partial charge in [-0.25, -0.2) is 13.6 Å². The van der Waals surface area contributed by atoms with Crippen molar-refractivity contribution in [2.75, 3.05) is 0 Å². The van der Waals surface area contributed by atoms with E-state index in [2.05, 4.69) is 10.3 Å². The molecule has 0 spiro atoms. The van der Waals surface area contributed by atoms with Gasteiger partial charge in [-0.3, -0.25) is 4.79 Å². The minimum Gasteiger partial charge on any atom is -0.422 e. The van der Waals surface area contributed by atoms with Crippen LogP contribution in [0, 0.1) is 11.6 Å². The standard InChI is InChI=1S/C27H23F2N3O3/c28-16-4-9-24-21(11-16)26-22(27(34)35-24)13-19(31-26)14-30-18-5-7-20(8-6-18)32-23-12-17(29)3-1-15(23)2-10-25(32)33/h1-4,9-13,18,20,30-31H,5-8,14H2. The van der Waals surface area contributed by atoms with E-state index in [4.69, 9.17) is 4.42 Å². The zero-order chi connectivity index (χ0) is 24.1. The number of nitrogens with zero attached hydrogens (tertiary/aromatic N) is 1. The van der Waals surface area contributed by atoms with E-state index in [0.717, 1.165) is 36.8 Å². The Kier molecular flexibility index (Phi) is 5.25. The molecule has 0 atom stereocenters. The minimum absolute atomic E-state index is 0.0185. The number of rotatable bonds is 4. The van der Waals surface area contributed by atoms with E-state index in [9.17, 15) is 18.4 Å². The maximum absolute atomic E-state index is 13.9. The number of benzene rings is 2. The minimum atomic E-state index is -0.459. The second-order valence-electron chi connectivity index (χ2n) is 9.24. The molecule has 0 unspecified atom stereocenters. The van der Waals surface area contributed by atoms with Gasteiger partial charge in [0.05, 0.1) is 16.4 Å². The lowest BCUT2D eigenvalue weighted by Crippen LogP contribution is -2.35. The van der Waals surface area contributed by atoms with Crippen LogP contribution in [0.1, 0.15) is 37.4 Å². The van der Waals surface area contributed by atoms with Crippen molar-refractivity contribution < 1.29 is 13.2 Å². The number of aromatic amines is 1. The Morgan fingerprint density at radius 3 is 2.49 bits per heavy atom. The van der Waals surface area contributed by atoms with Crippen LogP contribution in [0.15, 0.2) is 68.6 Å². The average Bonchev–Trinajstić information content (AvgIpc) is 3.29. The van der Waals surface area contributed by atoms with Crippen LogP contribution in [-0.4, -0.2) is 15.6 Å². The Labute approximate surface area is 198 Å². The Morgan fingerprint density at radius 2 is 1.66 bits per heavy atom. The SMILES string of the molecule is O=c1oc2ccc(F)cc2c2[nH]c(CNC3CCC(n4c(=O)ccc5ccc(F)cc54)CC3)cc12. The average molecular weight is 475 g/mol. The van der Waals surface area contributed by atoms with Gasteiger partial charge in [0.15, 0.2) is 0 Å². The van der Waals surface area contributed by atoms with Gasteiger partial charge < -0.3 is 19.3 Å². The largest absolute Gasteiger partial charge is 0.422 e. The van der Waals surface area contributed by atoms with Crippen molar-refractivity contribution >= 4 is 32.8 Å². The lowest BCUT2D eigenvalue weighted by Gasteiger charge is -2.31. The van der Waals surface area contributed by atoms with Gasteiger partial charge in [-0.05, 0) is 79.6 Å². The first kappa shape index (κ1) is 21.7. The van der Waals surface area contributed by atoms with E-state index in [0.29, 0.717) is 33.9 Å². The van der Waals surface area contributed by atoms with Crippen molar-refractivity contribution in [3.8, 4) is 0 Å². The van der Waals surface area contributed by atoms with Gasteiger partial charge in [0, 0.05) is 35.8 Å². The molecule has 0 bridgehead atoms. The van der Waals surface area contributed by atoms with Crippen molar-refractivity contribution in [1.29, 1.82) is 0 Å². The zero-order valence-electron chi connectivity index (χ0n) is 18.8. The van der Waals surface area contributed by atoms with E-state index < -0.39 is 11.4 Å². The summed E-state index contributed by atoms with van der Waals surface area (Å²) in [6, 6.07) is 13.9. The maximum Gasteiger partial charge on any atom is 0.345 e. The molecule has 5 aromatic rings. The van der Waals surface area contributed by atoms with Gasteiger partial charge in [-0.1, -0.05) is 0 Å². The first-order valence-corrected chi connectivity index (χ1v) is 11.7. The monoisotopic (exact) mass is 475 g/mol. The Morgan fingerprint density at radius 1 is 0.914 bits per heavy atom. The van der Waals surface area contributed by atoms with Crippen LogP contribution in [0.4, 0.5) is 8.78 Å². The van der Waals surface area contributed by atoms with Crippen LogP contribution in [0.2, 0.25) is 0 Å². The highest BCUT2D eigenvalue weighted by molar-refractivity contribution is 6.02. The van der Waals surface area contributed by atoms with Gasteiger partial charge in [0.2, 0.25) is 0 Å². The molecule has 3 aromatic heterocycles. The summed E-state index contributed by atoms with van der Waals surface area (Å²) in [4.78, 5) is 28.2. The van der Waals surface area contributed by atoms with Crippen molar-refractivity contribution in [2.24, 2.45) is 0 Å². The molecule has 1 aliphatic rings. The van der Waals surface area contributed by atoms with Crippen molar-refractivity contribution in [3.63, 3.8) is 0 Å². The molecule has 0 radical (unpaired) electrons. The number of halogens is 2. The van der Waals surface area contributed by atoms with Crippen LogP contribution >= 0.6 is 0 Å². The molecule has 0 amide bonds. The fraction of sp³-hybridized carbons (Fsp3) is 0.259. The molecule has 1 saturated carbocycles. The summed E-state index contributed by atoms with van der Waals surface area (Å²) in [5, 5.41) is 5.30. The molecular weight excluding hydrogens is 452 g/mol. The lowest BCUT2D eigenvalue weighted by atomic mass is 9.90. The van der Waals surface area contributed by atoms with Crippen LogP contribution in [0.5, 0.6) is 0 Å². The van der Waals surface area contributed by atoms with Gasteiger partial charge in [0.1, 0.15) is 17.2 Å². The molecule has 35 heavy (non-hydrogen) atoms. The van der Waals surface area contributed by atoms with Crippen molar-refractivity contribution in [1.82, 2.24) is 14.9 Å². The van der Waals surface area contributed by atoms with E-state index in [1.165, 1.54) is 30.3 Å². The molecule has 0 saturated heterocycles. The topological polar surface area (TPSA) is 80.0 Å². The van der Waals surface area contributed by atoms with Gasteiger partial charge >= 0.3 is 5.63 Å². The summed E-state index contributed by atoms with van der Waals surface area (Å²) in [6.07, 6.45) is 3.32. The molecule has 6 rings (SSSR count). The van der Waals surface area contributed by atoms with Crippen LogP contribution in [0.3, 0.4) is 0 Å². The highest BCUT2D eigenvalue weighted by Crippen LogP contribution is 2.30.